The lowest BCUT2D eigenvalue weighted by Crippen LogP contribution is -2.36. The molecule has 0 saturated heterocycles. The van der Waals surface area contributed by atoms with Gasteiger partial charge in [0.15, 0.2) is 6.10 Å². The Labute approximate surface area is 134 Å². The Balaban J connectivity index is 2.59. The summed E-state index contributed by atoms with van der Waals surface area (Å²) in [5.41, 5.74) is 1.11. The van der Waals surface area contributed by atoms with Gasteiger partial charge in [0.05, 0.1) is 4.90 Å². The van der Waals surface area contributed by atoms with E-state index in [-0.39, 0.29) is 16.7 Å². The molecule has 1 unspecified atom stereocenters. The molecule has 3 nitrogen and oxygen atoms in total. The van der Waals surface area contributed by atoms with E-state index < -0.39 is 26.1 Å². The van der Waals surface area contributed by atoms with Crippen LogP contribution in [0, 0.1) is 20.8 Å². The summed E-state index contributed by atoms with van der Waals surface area (Å²) in [7, 11) is -5.05. The second-order valence-electron chi connectivity index (χ2n) is 5.61. The van der Waals surface area contributed by atoms with Gasteiger partial charge in [0.25, 0.3) is 0 Å². The monoisotopic (exact) mass is 340 g/mol. The van der Waals surface area contributed by atoms with Crippen molar-refractivity contribution in [3.63, 3.8) is 0 Å². The predicted molar refractivity (Wildman–Crippen MR) is 84.2 cm³/mol. The molecule has 0 radical (unpaired) electrons. The van der Waals surface area contributed by atoms with Crippen LogP contribution in [0.25, 0.3) is 0 Å². The van der Waals surface area contributed by atoms with E-state index in [1.54, 1.807) is 13.0 Å². The minimum atomic E-state index is -5.05. The van der Waals surface area contributed by atoms with Crippen molar-refractivity contribution in [1.82, 2.24) is 0 Å². The highest BCUT2D eigenvalue weighted by molar-refractivity contribution is 7.92. The Morgan fingerprint density at radius 1 is 1.00 bits per heavy atom. The van der Waals surface area contributed by atoms with E-state index in [4.69, 9.17) is 0 Å². The second-order valence-corrected chi connectivity index (χ2v) is 7.57. The molecule has 0 bridgehead atoms. The summed E-state index contributed by atoms with van der Waals surface area (Å²) in [6.45, 7) is 4.70. The zero-order valence-corrected chi connectivity index (χ0v) is 13.9. The smallest absolute Gasteiger partial charge is 0.379 e. The number of rotatable bonds is 4. The molecule has 0 spiro atoms. The number of aliphatic hydroxyl groups is 1. The molecule has 1 atom stereocenters. The van der Waals surface area contributed by atoms with Crippen molar-refractivity contribution in [3.05, 3.63) is 64.7 Å². The first kappa shape index (κ1) is 17.6. The first-order valence-electron chi connectivity index (χ1n) is 7.02. The lowest BCUT2D eigenvalue weighted by Gasteiger charge is -2.24. The van der Waals surface area contributed by atoms with E-state index in [1.807, 2.05) is 0 Å². The van der Waals surface area contributed by atoms with Gasteiger partial charge in [-0.25, -0.2) is 8.42 Å². The average molecular weight is 340 g/mol. The van der Waals surface area contributed by atoms with Crippen molar-refractivity contribution >= 4 is 9.84 Å². The molecular weight excluding hydrogens is 322 g/mol. The molecule has 0 fully saturated rings. The van der Waals surface area contributed by atoms with Crippen LogP contribution in [0.3, 0.4) is 0 Å². The summed E-state index contributed by atoms with van der Waals surface area (Å²) in [5, 5.41) is 5.62. The van der Waals surface area contributed by atoms with Gasteiger partial charge in [0.1, 0.15) is 0 Å². The predicted octanol–water partition coefficient (Wildman–Crippen LogP) is 3.71. The third-order valence-electron chi connectivity index (χ3n) is 3.67. The van der Waals surface area contributed by atoms with E-state index in [0.717, 1.165) is 5.56 Å². The molecule has 0 amide bonds. The Hall–Kier alpha value is -1.79. The van der Waals surface area contributed by atoms with Gasteiger partial charge in [-0.2, -0.15) is 8.78 Å². The molecule has 6 heteroatoms. The zero-order chi connectivity index (χ0) is 17.4. The lowest BCUT2D eigenvalue weighted by atomic mass is 10.1. The molecule has 0 heterocycles. The summed E-state index contributed by atoms with van der Waals surface area (Å²) < 4.78 is 54.2. The van der Waals surface area contributed by atoms with E-state index >= 15 is 0 Å². The number of hydrogen-bond donors (Lipinski definition) is 1. The van der Waals surface area contributed by atoms with Gasteiger partial charge in [0.2, 0.25) is 9.84 Å². The standard InChI is InChI=1S/C17H18F2O3S/c1-11-9-12(2)15(13(3)10-11)23(21,22)17(18,19)16(20)14-7-5-4-6-8-14/h4-10,16,20H,1-3H3. The quantitative estimate of drug-likeness (QED) is 0.923. The molecule has 2 aromatic carbocycles. The van der Waals surface area contributed by atoms with Crippen LogP contribution in [0.4, 0.5) is 8.78 Å². The number of aliphatic hydroxyl groups excluding tert-OH is 1. The maximum atomic E-state index is 14.6. The maximum absolute atomic E-state index is 14.6. The number of benzene rings is 2. The first-order chi connectivity index (χ1) is 10.6. The van der Waals surface area contributed by atoms with E-state index in [2.05, 4.69) is 0 Å². The van der Waals surface area contributed by atoms with Crippen molar-refractivity contribution < 1.29 is 22.3 Å². The average Bonchev–Trinajstić information content (AvgIpc) is 2.45. The van der Waals surface area contributed by atoms with Crippen molar-refractivity contribution in [2.75, 3.05) is 0 Å². The first-order valence-corrected chi connectivity index (χ1v) is 8.50. The van der Waals surface area contributed by atoms with Gasteiger partial charge < -0.3 is 5.11 Å². The number of alkyl halides is 2. The third kappa shape index (κ3) is 3.01. The van der Waals surface area contributed by atoms with Gasteiger partial charge in [-0.1, -0.05) is 48.0 Å². The fourth-order valence-corrected chi connectivity index (χ4v) is 4.37. The second kappa shape index (κ2) is 6.02. The van der Waals surface area contributed by atoms with Crippen LogP contribution < -0.4 is 0 Å². The minimum Gasteiger partial charge on any atom is -0.381 e. The Bertz CT molecular complexity index is 792. The van der Waals surface area contributed by atoms with Crippen molar-refractivity contribution in [2.45, 2.75) is 37.0 Å². The molecule has 0 aromatic heterocycles. The van der Waals surface area contributed by atoms with Crippen LogP contribution >= 0.6 is 0 Å². The molecule has 124 valence electrons. The van der Waals surface area contributed by atoms with Crippen molar-refractivity contribution in [3.8, 4) is 0 Å². The topological polar surface area (TPSA) is 54.4 Å². The Kier molecular flexibility index (Phi) is 4.59. The van der Waals surface area contributed by atoms with Gasteiger partial charge in [-0.05, 0) is 37.5 Å². The van der Waals surface area contributed by atoms with Crippen molar-refractivity contribution in [1.29, 1.82) is 0 Å². The number of hydrogen-bond acceptors (Lipinski definition) is 3. The third-order valence-corrected chi connectivity index (χ3v) is 5.79. The maximum Gasteiger partial charge on any atom is 0.379 e. The Morgan fingerprint density at radius 2 is 1.48 bits per heavy atom. The highest BCUT2D eigenvalue weighted by atomic mass is 32.2. The molecule has 2 rings (SSSR count). The van der Waals surface area contributed by atoms with Crippen LogP contribution in [-0.2, 0) is 9.84 Å². The number of halogens is 2. The molecule has 0 saturated carbocycles. The molecule has 1 N–H and O–H groups in total. The van der Waals surface area contributed by atoms with Crippen LogP contribution in [0.2, 0.25) is 0 Å². The highest BCUT2D eigenvalue weighted by Crippen LogP contribution is 2.41. The summed E-state index contributed by atoms with van der Waals surface area (Å²) in [6.07, 6.45) is -2.44. The minimum absolute atomic E-state index is 0.150. The summed E-state index contributed by atoms with van der Waals surface area (Å²) in [4.78, 5) is -0.428. The summed E-state index contributed by atoms with van der Waals surface area (Å²) in [5.74, 6) is 0. The number of sulfone groups is 1. The van der Waals surface area contributed by atoms with Crippen LogP contribution in [0.15, 0.2) is 47.4 Å². The number of aryl methyl sites for hydroxylation is 3. The Morgan fingerprint density at radius 3 is 1.96 bits per heavy atom. The van der Waals surface area contributed by atoms with Crippen LogP contribution in [0.5, 0.6) is 0 Å². The van der Waals surface area contributed by atoms with Crippen LogP contribution in [-0.4, -0.2) is 18.8 Å². The summed E-state index contributed by atoms with van der Waals surface area (Å²) >= 11 is 0. The van der Waals surface area contributed by atoms with E-state index in [9.17, 15) is 22.3 Å². The van der Waals surface area contributed by atoms with Gasteiger partial charge >= 0.3 is 5.25 Å². The van der Waals surface area contributed by atoms with Crippen LogP contribution in [0.1, 0.15) is 28.4 Å². The molecule has 0 aliphatic heterocycles. The molecule has 0 aliphatic rings. The van der Waals surface area contributed by atoms with E-state index in [1.165, 1.54) is 50.2 Å². The SMILES string of the molecule is Cc1cc(C)c(S(=O)(=O)C(F)(F)C(O)c2ccccc2)c(C)c1. The summed E-state index contributed by atoms with van der Waals surface area (Å²) in [6, 6.07) is 10.1. The molecule has 23 heavy (non-hydrogen) atoms. The molecule has 0 aliphatic carbocycles. The highest BCUT2D eigenvalue weighted by Gasteiger charge is 2.53. The van der Waals surface area contributed by atoms with E-state index in [0.29, 0.717) is 0 Å². The fourth-order valence-electron chi connectivity index (χ4n) is 2.70. The largest absolute Gasteiger partial charge is 0.381 e. The van der Waals surface area contributed by atoms with Crippen molar-refractivity contribution in [2.24, 2.45) is 0 Å². The van der Waals surface area contributed by atoms with Gasteiger partial charge in [-0.3, -0.25) is 0 Å². The molecular formula is C17H18F2O3S. The normalized spacial score (nSPS) is 13.8. The lowest BCUT2D eigenvalue weighted by molar-refractivity contribution is -0.0435. The van der Waals surface area contributed by atoms with Gasteiger partial charge in [0, 0.05) is 0 Å². The molecule has 2 aromatic rings. The van der Waals surface area contributed by atoms with Gasteiger partial charge in [-0.15, -0.1) is 0 Å². The fraction of sp³-hybridized carbons (Fsp3) is 0.294. The zero-order valence-electron chi connectivity index (χ0n) is 13.0.